The maximum Gasteiger partial charge on any atom is 0.231 e. The number of H-pyrrole nitrogens is 2. The van der Waals surface area contributed by atoms with Gasteiger partial charge in [-0.15, -0.1) is 0 Å². The van der Waals surface area contributed by atoms with Crippen LogP contribution < -0.4 is 4.74 Å². The van der Waals surface area contributed by atoms with Gasteiger partial charge in [0.1, 0.15) is 17.6 Å². The Morgan fingerprint density at radius 3 is 2.90 bits per heavy atom. The zero-order valence-corrected chi connectivity index (χ0v) is 17.1. The highest BCUT2D eigenvalue weighted by Crippen LogP contribution is 2.34. The highest BCUT2D eigenvalue weighted by atomic mass is 35.5. The number of fused-ring (bicyclic) bond motifs is 2. The van der Waals surface area contributed by atoms with E-state index in [9.17, 15) is 4.79 Å². The van der Waals surface area contributed by atoms with E-state index in [-0.39, 0.29) is 18.4 Å². The van der Waals surface area contributed by atoms with Gasteiger partial charge in [0, 0.05) is 23.7 Å². The Hall–Kier alpha value is -3.32. The molecule has 0 unspecified atom stereocenters. The van der Waals surface area contributed by atoms with Crippen molar-refractivity contribution in [3.63, 3.8) is 0 Å². The van der Waals surface area contributed by atoms with Crippen LogP contribution in [0.3, 0.4) is 0 Å². The van der Waals surface area contributed by atoms with E-state index in [1.54, 1.807) is 19.5 Å². The zero-order chi connectivity index (χ0) is 20.7. The molecule has 0 saturated heterocycles. The van der Waals surface area contributed by atoms with Crippen molar-refractivity contribution >= 4 is 28.5 Å². The standard InChI is InChI=1S/C22H20ClN5O2/c1-30-15-5-2-13(3-6-15)22-21-17(24-12-25-21)8-9-28(22)20(29)11-19-26-16-7-4-14(23)10-18(16)27-19/h2-7,10,12,22H,8-9,11H2,1H3,(H,24,25)(H,26,27)/t22-/m1/s1. The molecule has 0 spiro atoms. The van der Waals surface area contributed by atoms with Gasteiger partial charge >= 0.3 is 0 Å². The van der Waals surface area contributed by atoms with Crippen LogP contribution in [-0.4, -0.2) is 44.4 Å². The molecule has 0 bridgehead atoms. The van der Waals surface area contributed by atoms with Crippen molar-refractivity contribution in [2.45, 2.75) is 18.9 Å². The molecule has 1 aliphatic heterocycles. The molecule has 2 N–H and O–H groups in total. The highest BCUT2D eigenvalue weighted by molar-refractivity contribution is 6.31. The van der Waals surface area contributed by atoms with Gasteiger partial charge in [0.2, 0.25) is 5.91 Å². The number of nitrogens with zero attached hydrogens (tertiary/aromatic N) is 3. The number of ether oxygens (including phenoxy) is 1. The third kappa shape index (κ3) is 3.31. The quantitative estimate of drug-likeness (QED) is 0.526. The fourth-order valence-corrected chi connectivity index (χ4v) is 4.20. The molecule has 7 nitrogen and oxygen atoms in total. The molecule has 2 aromatic heterocycles. The minimum Gasteiger partial charge on any atom is -0.497 e. The first-order valence-electron chi connectivity index (χ1n) is 9.72. The van der Waals surface area contributed by atoms with Crippen molar-refractivity contribution in [2.24, 2.45) is 0 Å². The molecule has 3 heterocycles. The number of aromatic amines is 2. The molecule has 0 aliphatic carbocycles. The first-order chi connectivity index (χ1) is 14.6. The van der Waals surface area contributed by atoms with Gasteiger partial charge < -0.3 is 19.6 Å². The molecule has 1 amide bonds. The van der Waals surface area contributed by atoms with Gasteiger partial charge in [-0.2, -0.15) is 0 Å². The van der Waals surface area contributed by atoms with E-state index in [1.165, 1.54) is 0 Å². The summed E-state index contributed by atoms with van der Waals surface area (Å²) < 4.78 is 5.28. The largest absolute Gasteiger partial charge is 0.497 e. The number of halogens is 1. The molecule has 1 atom stereocenters. The fraction of sp³-hybridized carbons (Fsp3) is 0.227. The van der Waals surface area contributed by atoms with E-state index >= 15 is 0 Å². The Bertz CT molecular complexity index is 1210. The van der Waals surface area contributed by atoms with Crippen molar-refractivity contribution in [3.8, 4) is 5.75 Å². The van der Waals surface area contributed by atoms with Gasteiger partial charge in [0.25, 0.3) is 0 Å². The van der Waals surface area contributed by atoms with E-state index in [0.29, 0.717) is 17.4 Å². The summed E-state index contributed by atoms with van der Waals surface area (Å²) in [7, 11) is 1.64. The molecular weight excluding hydrogens is 402 g/mol. The molecule has 152 valence electrons. The number of rotatable bonds is 4. The van der Waals surface area contributed by atoms with E-state index in [0.717, 1.165) is 40.2 Å². The van der Waals surface area contributed by atoms with Crippen molar-refractivity contribution in [1.29, 1.82) is 0 Å². The summed E-state index contributed by atoms with van der Waals surface area (Å²) >= 11 is 6.06. The minimum absolute atomic E-state index is 0.00498. The lowest BCUT2D eigenvalue weighted by molar-refractivity contribution is -0.132. The predicted octanol–water partition coefficient (Wildman–Crippen LogP) is 3.66. The van der Waals surface area contributed by atoms with Crippen LogP contribution in [0.1, 0.15) is 28.8 Å². The molecule has 0 saturated carbocycles. The SMILES string of the molecule is COc1ccc([C@@H]2c3nc[nH]c3CCN2C(=O)Cc2nc3ccc(Cl)cc3[nH]2)cc1. The normalized spacial score (nSPS) is 15.9. The van der Waals surface area contributed by atoms with Crippen molar-refractivity contribution < 1.29 is 9.53 Å². The van der Waals surface area contributed by atoms with E-state index in [2.05, 4.69) is 19.9 Å². The highest BCUT2D eigenvalue weighted by Gasteiger charge is 2.34. The van der Waals surface area contributed by atoms with Crippen molar-refractivity contribution in [2.75, 3.05) is 13.7 Å². The number of hydrogen-bond donors (Lipinski definition) is 2. The fourth-order valence-electron chi connectivity index (χ4n) is 4.03. The number of benzene rings is 2. The average Bonchev–Trinajstić information content (AvgIpc) is 3.39. The number of hydrogen-bond acceptors (Lipinski definition) is 4. The number of amides is 1. The second-order valence-corrected chi connectivity index (χ2v) is 7.74. The number of carbonyl (C=O) groups is 1. The van der Waals surface area contributed by atoms with Crippen LogP contribution in [0, 0.1) is 0 Å². The number of imidazole rings is 2. The van der Waals surface area contributed by atoms with Gasteiger partial charge in [-0.05, 0) is 35.9 Å². The molecule has 0 fully saturated rings. The number of carbonyl (C=O) groups excluding carboxylic acids is 1. The molecule has 0 radical (unpaired) electrons. The van der Waals surface area contributed by atoms with Gasteiger partial charge in [0.15, 0.2) is 0 Å². The number of aromatic nitrogens is 4. The lowest BCUT2D eigenvalue weighted by atomic mass is 9.95. The Morgan fingerprint density at radius 1 is 1.27 bits per heavy atom. The summed E-state index contributed by atoms with van der Waals surface area (Å²) in [6.07, 6.45) is 2.61. The third-order valence-corrected chi connectivity index (χ3v) is 5.72. The Labute approximate surface area is 178 Å². The molecule has 2 aromatic carbocycles. The van der Waals surface area contributed by atoms with Crippen LogP contribution in [0.15, 0.2) is 48.8 Å². The summed E-state index contributed by atoms with van der Waals surface area (Å²) in [6, 6.07) is 13.0. The van der Waals surface area contributed by atoms with Gasteiger partial charge in [0.05, 0.1) is 36.6 Å². The Balaban J connectivity index is 1.46. The van der Waals surface area contributed by atoms with E-state index in [4.69, 9.17) is 16.3 Å². The van der Waals surface area contributed by atoms with Crippen LogP contribution in [0.2, 0.25) is 5.02 Å². The molecule has 1 aliphatic rings. The van der Waals surface area contributed by atoms with Crippen LogP contribution in [-0.2, 0) is 17.6 Å². The summed E-state index contributed by atoms with van der Waals surface area (Å²) in [5, 5.41) is 0.630. The zero-order valence-electron chi connectivity index (χ0n) is 16.4. The number of methoxy groups -OCH3 is 1. The summed E-state index contributed by atoms with van der Waals surface area (Å²) in [4.78, 5) is 30.7. The summed E-state index contributed by atoms with van der Waals surface area (Å²) in [5.74, 6) is 1.39. The van der Waals surface area contributed by atoms with Crippen LogP contribution in [0.25, 0.3) is 11.0 Å². The molecule has 8 heteroatoms. The lowest BCUT2D eigenvalue weighted by Crippen LogP contribution is -2.41. The van der Waals surface area contributed by atoms with Crippen molar-refractivity contribution in [3.05, 3.63) is 76.6 Å². The molecule has 4 aromatic rings. The summed E-state index contributed by atoms with van der Waals surface area (Å²) in [5.41, 5.74) is 4.57. The lowest BCUT2D eigenvalue weighted by Gasteiger charge is -2.35. The molecule has 5 rings (SSSR count). The molecule has 30 heavy (non-hydrogen) atoms. The topological polar surface area (TPSA) is 86.9 Å². The Kier molecular flexibility index (Phi) is 4.67. The predicted molar refractivity (Wildman–Crippen MR) is 114 cm³/mol. The van der Waals surface area contributed by atoms with Gasteiger partial charge in [-0.25, -0.2) is 9.97 Å². The molecular formula is C22H20ClN5O2. The van der Waals surface area contributed by atoms with E-state index < -0.39 is 0 Å². The van der Waals surface area contributed by atoms with Crippen LogP contribution >= 0.6 is 11.6 Å². The van der Waals surface area contributed by atoms with Crippen LogP contribution in [0.4, 0.5) is 0 Å². The van der Waals surface area contributed by atoms with Crippen molar-refractivity contribution in [1.82, 2.24) is 24.8 Å². The smallest absolute Gasteiger partial charge is 0.231 e. The van der Waals surface area contributed by atoms with Crippen LogP contribution in [0.5, 0.6) is 5.75 Å². The minimum atomic E-state index is -0.253. The average molecular weight is 422 g/mol. The van der Waals surface area contributed by atoms with Gasteiger partial charge in [-0.1, -0.05) is 23.7 Å². The Morgan fingerprint density at radius 2 is 2.10 bits per heavy atom. The second kappa shape index (κ2) is 7.50. The third-order valence-electron chi connectivity index (χ3n) is 5.49. The first-order valence-corrected chi connectivity index (χ1v) is 10.1. The number of nitrogens with one attached hydrogen (secondary N) is 2. The monoisotopic (exact) mass is 421 g/mol. The maximum absolute atomic E-state index is 13.3. The van der Waals surface area contributed by atoms with Gasteiger partial charge in [-0.3, -0.25) is 4.79 Å². The summed E-state index contributed by atoms with van der Waals surface area (Å²) in [6.45, 7) is 0.608. The first kappa shape index (κ1) is 18.7. The van der Waals surface area contributed by atoms with E-state index in [1.807, 2.05) is 41.3 Å². The second-order valence-electron chi connectivity index (χ2n) is 7.30. The maximum atomic E-state index is 13.3.